The number of nitrogens with zero attached hydrogens (tertiary/aromatic N) is 2. The molecule has 0 fully saturated rings. The number of carbonyl (C=O) groups is 1. The minimum Gasteiger partial charge on any atom is -0.505 e. The standard InChI is InChI=1S/C14H12N2O2/c17-13-9-15-7-5-11(13)14(18)16-8-6-10-3-1-2-4-12(10)16/h1-5,7,9,17H,6,8H2. The number of rotatable bonds is 1. The molecule has 2 heterocycles. The molecule has 0 saturated heterocycles. The first-order valence-corrected chi connectivity index (χ1v) is 5.80. The summed E-state index contributed by atoms with van der Waals surface area (Å²) in [4.78, 5) is 17.8. The Hall–Kier alpha value is -2.36. The molecule has 1 aliphatic rings. The third-order valence-electron chi connectivity index (χ3n) is 3.16. The molecule has 1 aromatic heterocycles. The zero-order chi connectivity index (χ0) is 12.5. The second-order valence-corrected chi connectivity index (χ2v) is 4.23. The SMILES string of the molecule is O=C(c1ccncc1O)N1CCc2ccccc21. The fourth-order valence-corrected chi connectivity index (χ4v) is 2.26. The lowest BCUT2D eigenvalue weighted by molar-refractivity contribution is 0.0986. The third-order valence-corrected chi connectivity index (χ3v) is 3.16. The number of hydrogen-bond donors (Lipinski definition) is 1. The van der Waals surface area contributed by atoms with Crippen LogP contribution in [0.5, 0.6) is 5.75 Å². The van der Waals surface area contributed by atoms with Gasteiger partial charge in [-0.05, 0) is 24.1 Å². The van der Waals surface area contributed by atoms with E-state index in [1.54, 1.807) is 11.0 Å². The molecule has 1 amide bonds. The third kappa shape index (κ3) is 1.62. The Morgan fingerprint density at radius 3 is 2.94 bits per heavy atom. The smallest absolute Gasteiger partial charge is 0.262 e. The second kappa shape index (κ2) is 4.14. The highest BCUT2D eigenvalue weighted by Crippen LogP contribution is 2.30. The fraction of sp³-hybridized carbons (Fsp3) is 0.143. The van der Waals surface area contributed by atoms with E-state index >= 15 is 0 Å². The molecule has 0 saturated carbocycles. The number of para-hydroxylation sites is 1. The molecule has 0 unspecified atom stereocenters. The summed E-state index contributed by atoms with van der Waals surface area (Å²) in [6.45, 7) is 0.653. The van der Waals surface area contributed by atoms with E-state index in [1.807, 2.05) is 24.3 Å². The van der Waals surface area contributed by atoms with Crippen molar-refractivity contribution < 1.29 is 9.90 Å². The highest BCUT2D eigenvalue weighted by Gasteiger charge is 2.26. The Morgan fingerprint density at radius 2 is 2.11 bits per heavy atom. The molecule has 18 heavy (non-hydrogen) atoms. The summed E-state index contributed by atoms with van der Waals surface area (Å²) in [5.74, 6) is -0.258. The van der Waals surface area contributed by atoms with Gasteiger partial charge in [0.15, 0.2) is 0 Å². The highest BCUT2D eigenvalue weighted by atomic mass is 16.3. The van der Waals surface area contributed by atoms with Gasteiger partial charge in [-0.2, -0.15) is 0 Å². The van der Waals surface area contributed by atoms with E-state index in [2.05, 4.69) is 4.98 Å². The number of carbonyl (C=O) groups excluding carboxylic acids is 1. The first-order valence-electron chi connectivity index (χ1n) is 5.80. The van der Waals surface area contributed by atoms with Crippen molar-refractivity contribution in [3.63, 3.8) is 0 Å². The number of aromatic hydroxyl groups is 1. The normalized spacial score (nSPS) is 13.4. The molecule has 0 atom stereocenters. The van der Waals surface area contributed by atoms with Crippen molar-refractivity contribution in [2.24, 2.45) is 0 Å². The van der Waals surface area contributed by atoms with Crippen LogP contribution in [0.3, 0.4) is 0 Å². The molecule has 1 aliphatic heterocycles. The van der Waals surface area contributed by atoms with Gasteiger partial charge in [0.05, 0.1) is 11.8 Å². The Morgan fingerprint density at radius 1 is 1.28 bits per heavy atom. The zero-order valence-electron chi connectivity index (χ0n) is 9.71. The molecule has 0 aliphatic carbocycles. The number of pyridine rings is 1. The van der Waals surface area contributed by atoms with Gasteiger partial charge >= 0.3 is 0 Å². The number of amides is 1. The quantitative estimate of drug-likeness (QED) is 0.829. The van der Waals surface area contributed by atoms with E-state index in [0.29, 0.717) is 12.1 Å². The molecule has 3 rings (SSSR count). The van der Waals surface area contributed by atoms with Gasteiger partial charge < -0.3 is 10.0 Å². The summed E-state index contributed by atoms with van der Waals surface area (Å²) >= 11 is 0. The molecule has 4 nitrogen and oxygen atoms in total. The van der Waals surface area contributed by atoms with Crippen LogP contribution in [0.15, 0.2) is 42.7 Å². The van der Waals surface area contributed by atoms with Crippen molar-refractivity contribution in [3.05, 3.63) is 53.9 Å². The van der Waals surface area contributed by atoms with Gasteiger partial charge in [0, 0.05) is 18.4 Å². The van der Waals surface area contributed by atoms with Gasteiger partial charge in [-0.25, -0.2) is 0 Å². The average Bonchev–Trinajstić information content (AvgIpc) is 2.82. The van der Waals surface area contributed by atoms with Crippen molar-refractivity contribution in [3.8, 4) is 5.75 Å². The van der Waals surface area contributed by atoms with Crippen LogP contribution in [0, 0.1) is 0 Å². The molecule has 4 heteroatoms. The topological polar surface area (TPSA) is 53.4 Å². The van der Waals surface area contributed by atoms with Gasteiger partial charge in [-0.3, -0.25) is 9.78 Å². The first-order chi connectivity index (χ1) is 8.77. The second-order valence-electron chi connectivity index (χ2n) is 4.23. The number of fused-ring (bicyclic) bond motifs is 1. The van der Waals surface area contributed by atoms with Crippen LogP contribution in [0.25, 0.3) is 0 Å². The summed E-state index contributed by atoms with van der Waals surface area (Å²) in [5.41, 5.74) is 2.39. The predicted octanol–water partition coefficient (Wildman–Crippen LogP) is 1.99. The summed E-state index contributed by atoms with van der Waals surface area (Å²) in [5, 5.41) is 9.68. The van der Waals surface area contributed by atoms with Gasteiger partial charge in [-0.15, -0.1) is 0 Å². The fourth-order valence-electron chi connectivity index (χ4n) is 2.26. The number of aromatic nitrogens is 1. The largest absolute Gasteiger partial charge is 0.505 e. The molecule has 1 N–H and O–H groups in total. The van der Waals surface area contributed by atoms with E-state index in [9.17, 15) is 9.90 Å². The minimum atomic E-state index is -0.181. The maximum absolute atomic E-state index is 12.4. The zero-order valence-corrected chi connectivity index (χ0v) is 9.71. The van der Waals surface area contributed by atoms with Crippen LogP contribution < -0.4 is 4.90 Å². The first kappa shape index (κ1) is 10.8. The highest BCUT2D eigenvalue weighted by molar-refractivity contribution is 6.08. The van der Waals surface area contributed by atoms with Crippen molar-refractivity contribution in [2.75, 3.05) is 11.4 Å². The van der Waals surface area contributed by atoms with Crippen molar-refractivity contribution in [1.82, 2.24) is 4.98 Å². The lowest BCUT2D eigenvalue weighted by Crippen LogP contribution is -2.28. The van der Waals surface area contributed by atoms with Crippen molar-refractivity contribution in [1.29, 1.82) is 0 Å². The molecule has 90 valence electrons. The summed E-state index contributed by atoms with van der Waals surface area (Å²) in [6.07, 6.45) is 3.65. The van der Waals surface area contributed by atoms with Crippen LogP contribution in [-0.2, 0) is 6.42 Å². The van der Waals surface area contributed by atoms with Gasteiger partial charge in [0.25, 0.3) is 5.91 Å². The average molecular weight is 240 g/mol. The number of hydrogen-bond acceptors (Lipinski definition) is 3. The van der Waals surface area contributed by atoms with Crippen LogP contribution in [0.1, 0.15) is 15.9 Å². The molecule has 1 aromatic carbocycles. The van der Waals surface area contributed by atoms with Crippen LogP contribution in [0.2, 0.25) is 0 Å². The van der Waals surface area contributed by atoms with E-state index < -0.39 is 0 Å². The molecule has 0 radical (unpaired) electrons. The van der Waals surface area contributed by atoms with E-state index in [0.717, 1.165) is 12.1 Å². The van der Waals surface area contributed by atoms with E-state index in [1.165, 1.54) is 18.0 Å². The van der Waals surface area contributed by atoms with Gasteiger partial charge in [0.1, 0.15) is 5.75 Å². The summed E-state index contributed by atoms with van der Waals surface area (Å²) in [6, 6.07) is 9.37. The lowest BCUT2D eigenvalue weighted by Gasteiger charge is -2.17. The van der Waals surface area contributed by atoms with Gasteiger partial charge in [-0.1, -0.05) is 18.2 Å². The molecule has 0 bridgehead atoms. The van der Waals surface area contributed by atoms with Gasteiger partial charge in [0.2, 0.25) is 0 Å². The maximum Gasteiger partial charge on any atom is 0.262 e. The van der Waals surface area contributed by atoms with Crippen molar-refractivity contribution in [2.45, 2.75) is 6.42 Å². The minimum absolute atomic E-state index is 0.0770. The molecular formula is C14H12N2O2. The molecular weight excluding hydrogens is 228 g/mol. The van der Waals surface area contributed by atoms with E-state index in [-0.39, 0.29) is 11.7 Å². The lowest BCUT2D eigenvalue weighted by atomic mass is 10.1. The Balaban J connectivity index is 1.99. The van der Waals surface area contributed by atoms with Crippen molar-refractivity contribution >= 4 is 11.6 Å². The number of benzene rings is 1. The Bertz CT molecular complexity index is 610. The Kier molecular flexibility index (Phi) is 2.48. The van der Waals surface area contributed by atoms with Crippen LogP contribution in [-0.4, -0.2) is 22.5 Å². The number of anilines is 1. The summed E-state index contributed by atoms with van der Waals surface area (Å²) in [7, 11) is 0. The van der Waals surface area contributed by atoms with E-state index in [4.69, 9.17) is 0 Å². The predicted molar refractivity (Wildman–Crippen MR) is 67.7 cm³/mol. The maximum atomic E-state index is 12.4. The van der Waals surface area contributed by atoms with Crippen LogP contribution in [0.4, 0.5) is 5.69 Å². The van der Waals surface area contributed by atoms with Crippen LogP contribution >= 0.6 is 0 Å². The molecule has 2 aromatic rings. The molecule has 0 spiro atoms. The summed E-state index contributed by atoms with van der Waals surface area (Å²) < 4.78 is 0. The monoisotopic (exact) mass is 240 g/mol. The Labute approximate surface area is 105 Å².